The third kappa shape index (κ3) is 5.11. The van der Waals surface area contributed by atoms with Gasteiger partial charge < -0.3 is 4.42 Å². The topological polar surface area (TPSA) is 51.8 Å². The molecule has 0 bridgehead atoms. The van der Waals surface area contributed by atoms with Gasteiger partial charge in [0.25, 0.3) is 0 Å². The molecule has 0 atom stereocenters. The van der Waals surface area contributed by atoms with Crippen LogP contribution in [0.4, 0.5) is 0 Å². The summed E-state index contributed by atoms with van der Waals surface area (Å²) in [6, 6.07) is 57.9. The van der Waals surface area contributed by atoms with E-state index in [1.165, 1.54) is 21.5 Å². The van der Waals surface area contributed by atoms with E-state index in [0.717, 1.165) is 112 Å². The molecule has 0 amide bonds. The first-order valence-corrected chi connectivity index (χ1v) is 19.6. The maximum absolute atomic E-state index is 6.79. The highest BCUT2D eigenvalue weighted by molar-refractivity contribution is 6.18. The minimum absolute atomic E-state index is 0.890. The Kier molecular flexibility index (Phi) is 7.02. The van der Waals surface area contributed by atoms with Crippen molar-refractivity contribution in [3.8, 4) is 44.9 Å². The molecule has 1 aliphatic carbocycles. The fourth-order valence-electron chi connectivity index (χ4n) is 8.83. The lowest BCUT2D eigenvalue weighted by molar-refractivity contribution is 0.574. The molecule has 4 nitrogen and oxygen atoms in total. The molecule has 4 aromatic heterocycles. The fourth-order valence-corrected chi connectivity index (χ4v) is 8.83. The third-order valence-corrected chi connectivity index (χ3v) is 11.7. The van der Waals surface area contributed by atoms with Gasteiger partial charge in [0.15, 0.2) is 0 Å². The van der Waals surface area contributed by atoms with Crippen LogP contribution in [0.1, 0.15) is 12.8 Å². The molecule has 0 radical (unpaired) electrons. The molecule has 4 heterocycles. The lowest BCUT2D eigenvalue weighted by Crippen LogP contribution is -2.22. The quantitative estimate of drug-likeness (QED) is 0.169. The summed E-state index contributed by atoms with van der Waals surface area (Å²) in [5.41, 5.74) is 12.9. The number of benzene rings is 7. The van der Waals surface area contributed by atoms with Crippen LogP contribution < -0.4 is 10.6 Å². The summed E-state index contributed by atoms with van der Waals surface area (Å²) in [4.78, 5) is 15.8. The van der Waals surface area contributed by atoms with E-state index >= 15 is 0 Å². The first kappa shape index (κ1) is 31.9. The second kappa shape index (κ2) is 12.6. The average molecular weight is 728 g/mol. The highest BCUT2D eigenvalue weighted by atomic mass is 16.3. The zero-order chi connectivity index (χ0) is 37.5. The predicted molar refractivity (Wildman–Crippen MR) is 236 cm³/mol. The molecular weight excluding hydrogens is 695 g/mol. The van der Waals surface area contributed by atoms with Gasteiger partial charge in [0.05, 0.1) is 39.0 Å². The molecule has 57 heavy (non-hydrogen) atoms. The lowest BCUT2D eigenvalue weighted by Gasteiger charge is -2.13. The highest BCUT2D eigenvalue weighted by Gasteiger charge is 2.20. The number of pyridine rings is 3. The number of fused-ring (bicyclic) bond motifs is 11. The van der Waals surface area contributed by atoms with Crippen LogP contribution in [0.3, 0.4) is 0 Å². The number of furan rings is 1. The van der Waals surface area contributed by atoms with E-state index < -0.39 is 0 Å². The van der Waals surface area contributed by atoms with Crippen LogP contribution in [0.2, 0.25) is 0 Å². The largest absolute Gasteiger partial charge is 0.456 e. The fraction of sp³-hybridized carbons (Fsp3) is 0.0377. The Labute approximate surface area is 327 Å². The Bertz CT molecular complexity index is 3570. The van der Waals surface area contributed by atoms with E-state index in [9.17, 15) is 0 Å². The molecular formula is C53H33N3O. The van der Waals surface area contributed by atoms with E-state index in [1.54, 1.807) is 0 Å². The van der Waals surface area contributed by atoms with Crippen molar-refractivity contribution < 1.29 is 4.42 Å². The first-order chi connectivity index (χ1) is 28.2. The smallest absolute Gasteiger partial charge is 0.147 e. The zero-order valence-corrected chi connectivity index (χ0v) is 30.9. The van der Waals surface area contributed by atoms with E-state index in [4.69, 9.17) is 19.4 Å². The van der Waals surface area contributed by atoms with E-state index in [1.807, 2.05) is 18.2 Å². The molecule has 11 aromatic rings. The number of nitrogens with zero attached hydrogens (tertiary/aromatic N) is 3. The van der Waals surface area contributed by atoms with Crippen LogP contribution in [0, 0.1) is 0 Å². The van der Waals surface area contributed by atoms with Crippen LogP contribution >= 0.6 is 0 Å². The minimum Gasteiger partial charge on any atom is -0.456 e. The van der Waals surface area contributed by atoms with Gasteiger partial charge in [-0.05, 0) is 81.9 Å². The SMILES string of the molecule is C1=c2oc3c(c(-c4cc5ccccc5c5ccccc45)nc4ccc(-c5ccc(-c6ccc7ccc8ccc(-c9ccccc9)nc8c7n6)cc5)cc43)c2=CCC1. The van der Waals surface area contributed by atoms with Crippen LogP contribution in [-0.4, -0.2) is 15.0 Å². The molecule has 12 rings (SSSR count). The molecule has 7 aromatic carbocycles. The Morgan fingerprint density at radius 1 is 0.421 bits per heavy atom. The summed E-state index contributed by atoms with van der Waals surface area (Å²) in [6.07, 6.45) is 6.51. The molecule has 0 fully saturated rings. The number of rotatable bonds is 4. The molecule has 266 valence electrons. The Morgan fingerprint density at radius 3 is 1.81 bits per heavy atom. The number of hydrogen-bond donors (Lipinski definition) is 0. The lowest BCUT2D eigenvalue weighted by atomic mass is 9.93. The molecule has 0 saturated carbocycles. The van der Waals surface area contributed by atoms with Crippen LogP contribution in [0.15, 0.2) is 168 Å². The normalized spacial score (nSPS) is 12.7. The van der Waals surface area contributed by atoms with Crippen molar-refractivity contribution in [1.29, 1.82) is 0 Å². The van der Waals surface area contributed by atoms with Gasteiger partial charge >= 0.3 is 0 Å². The summed E-state index contributed by atoms with van der Waals surface area (Å²) in [7, 11) is 0. The van der Waals surface area contributed by atoms with Gasteiger partial charge in [-0.2, -0.15) is 0 Å². The molecule has 0 spiro atoms. The van der Waals surface area contributed by atoms with Crippen molar-refractivity contribution in [3.63, 3.8) is 0 Å². The molecule has 0 N–H and O–H groups in total. The average Bonchev–Trinajstić information content (AvgIpc) is 3.68. The van der Waals surface area contributed by atoms with Crippen molar-refractivity contribution in [1.82, 2.24) is 15.0 Å². The maximum atomic E-state index is 6.79. The van der Waals surface area contributed by atoms with Gasteiger partial charge in [0.2, 0.25) is 0 Å². The Morgan fingerprint density at radius 2 is 1.04 bits per heavy atom. The van der Waals surface area contributed by atoms with Crippen molar-refractivity contribution in [2.24, 2.45) is 0 Å². The summed E-state index contributed by atoms with van der Waals surface area (Å²) < 4.78 is 6.79. The summed E-state index contributed by atoms with van der Waals surface area (Å²) in [5, 5.41) is 10.3. The molecule has 0 aliphatic heterocycles. The van der Waals surface area contributed by atoms with E-state index in [0.29, 0.717) is 0 Å². The molecule has 4 heteroatoms. The van der Waals surface area contributed by atoms with E-state index in [2.05, 4.69) is 158 Å². The number of hydrogen-bond acceptors (Lipinski definition) is 4. The van der Waals surface area contributed by atoms with Crippen LogP contribution in [0.5, 0.6) is 0 Å². The Balaban J connectivity index is 0.977. The Hall–Kier alpha value is -7.43. The minimum atomic E-state index is 0.890. The maximum Gasteiger partial charge on any atom is 0.147 e. The van der Waals surface area contributed by atoms with Crippen LogP contribution in [-0.2, 0) is 0 Å². The van der Waals surface area contributed by atoms with E-state index in [-0.39, 0.29) is 0 Å². The summed E-state index contributed by atoms with van der Waals surface area (Å²) in [5.74, 6) is 0. The monoisotopic (exact) mass is 727 g/mol. The predicted octanol–water partition coefficient (Wildman–Crippen LogP) is 12.4. The van der Waals surface area contributed by atoms with Crippen molar-refractivity contribution >= 4 is 77.4 Å². The summed E-state index contributed by atoms with van der Waals surface area (Å²) in [6.45, 7) is 0. The summed E-state index contributed by atoms with van der Waals surface area (Å²) >= 11 is 0. The number of aromatic nitrogens is 3. The van der Waals surface area contributed by atoms with Gasteiger partial charge in [-0.25, -0.2) is 15.0 Å². The van der Waals surface area contributed by atoms with Crippen LogP contribution in [0.25, 0.3) is 122 Å². The van der Waals surface area contributed by atoms with Gasteiger partial charge in [-0.15, -0.1) is 0 Å². The standard InChI is InChI=1S/C53H33N3O/c1-2-10-33(11-3-1)45-27-24-35-22-23-36-25-28-46(55-51(36)50(35)54-45)34-20-18-32(19-21-34)37-26-29-47-44(30-37)53-49(42-16-8-9-17-48(42)57-53)52(56-47)43-31-38-12-4-5-13-39(38)40-14-6-7-15-41(40)43/h1-7,10-31H,8-9H2. The van der Waals surface area contributed by atoms with Crippen molar-refractivity contribution in [2.75, 3.05) is 0 Å². The molecule has 0 unspecified atom stereocenters. The first-order valence-electron chi connectivity index (χ1n) is 19.6. The van der Waals surface area contributed by atoms with Gasteiger partial charge in [-0.1, -0.05) is 140 Å². The van der Waals surface area contributed by atoms with Gasteiger partial charge in [-0.3, -0.25) is 0 Å². The van der Waals surface area contributed by atoms with Crippen molar-refractivity contribution in [2.45, 2.75) is 12.8 Å². The highest BCUT2D eigenvalue weighted by Crippen LogP contribution is 2.39. The van der Waals surface area contributed by atoms with Gasteiger partial charge in [0.1, 0.15) is 11.0 Å². The molecule has 1 aliphatic rings. The molecule has 0 saturated heterocycles. The van der Waals surface area contributed by atoms with Gasteiger partial charge in [0, 0.05) is 38.1 Å². The second-order valence-corrected chi connectivity index (χ2v) is 15.0. The van der Waals surface area contributed by atoms with Crippen molar-refractivity contribution in [3.05, 3.63) is 174 Å². The zero-order valence-electron chi connectivity index (χ0n) is 30.9. The third-order valence-electron chi connectivity index (χ3n) is 11.7. The second-order valence-electron chi connectivity index (χ2n) is 15.0.